The van der Waals surface area contributed by atoms with Crippen LogP contribution in [0.4, 0.5) is 0 Å². The number of carbonyl (C=O) groups is 1. The molecule has 2 fully saturated rings. The molecule has 0 atom stereocenters. The molecule has 1 aromatic carbocycles. The van der Waals surface area contributed by atoms with Gasteiger partial charge in [-0.2, -0.15) is 4.31 Å². The Balaban J connectivity index is 1.45. The van der Waals surface area contributed by atoms with Gasteiger partial charge < -0.3 is 9.88 Å². The topological polar surface area (TPSA) is 71.4 Å². The van der Waals surface area contributed by atoms with Crippen LogP contribution in [0.3, 0.4) is 0 Å². The second-order valence-electron chi connectivity index (χ2n) is 9.28. The molecule has 1 aliphatic carbocycles. The van der Waals surface area contributed by atoms with Gasteiger partial charge in [-0.25, -0.2) is 8.42 Å². The Bertz CT molecular complexity index is 998. The molecule has 4 rings (SSSR count). The Morgan fingerprint density at radius 1 is 1.00 bits per heavy atom. The average molecular weight is 432 g/mol. The fourth-order valence-electron chi connectivity index (χ4n) is 4.68. The highest BCUT2D eigenvalue weighted by Crippen LogP contribution is 2.27. The zero-order valence-corrected chi connectivity index (χ0v) is 18.8. The third-order valence-corrected chi connectivity index (χ3v) is 8.71. The lowest BCUT2D eigenvalue weighted by atomic mass is 9.87. The van der Waals surface area contributed by atoms with E-state index in [1.807, 2.05) is 22.9 Å². The average Bonchev–Trinajstić information content (AvgIpc) is 3.12. The van der Waals surface area contributed by atoms with Gasteiger partial charge in [0, 0.05) is 36.2 Å². The van der Waals surface area contributed by atoms with E-state index in [0.29, 0.717) is 23.9 Å². The molecule has 2 aliphatic rings. The minimum atomic E-state index is -3.47. The number of hydrogen-bond donors (Lipinski definition) is 1. The van der Waals surface area contributed by atoms with Crippen LogP contribution in [0.2, 0.25) is 0 Å². The van der Waals surface area contributed by atoms with Crippen LogP contribution in [0, 0.1) is 11.8 Å². The normalized spacial score (nSPS) is 24.2. The van der Waals surface area contributed by atoms with E-state index in [4.69, 9.17) is 0 Å². The quantitative estimate of drug-likeness (QED) is 0.784. The molecule has 0 radical (unpaired) electrons. The first-order valence-corrected chi connectivity index (χ1v) is 12.7. The zero-order valence-electron chi connectivity index (χ0n) is 18.0. The predicted molar refractivity (Wildman–Crippen MR) is 119 cm³/mol. The minimum Gasteiger partial charge on any atom is -0.352 e. The number of sulfonamides is 1. The molecule has 0 bridgehead atoms. The molecule has 2 aromatic rings. The number of hydrogen-bond acceptors (Lipinski definition) is 3. The fraction of sp³-hybridized carbons (Fsp3) is 0.609. The lowest BCUT2D eigenvalue weighted by Gasteiger charge is -2.29. The van der Waals surface area contributed by atoms with Crippen LogP contribution in [0.1, 0.15) is 52.4 Å². The van der Waals surface area contributed by atoms with Crippen LogP contribution in [-0.2, 0) is 21.4 Å². The monoisotopic (exact) mass is 431 g/mol. The van der Waals surface area contributed by atoms with Crippen LogP contribution < -0.4 is 5.32 Å². The molecule has 164 valence electrons. The molecular formula is C23H33N3O3S. The van der Waals surface area contributed by atoms with Gasteiger partial charge in [-0.1, -0.05) is 13.8 Å². The number of piperidine rings is 1. The fourth-order valence-corrected chi connectivity index (χ4v) is 6.19. The summed E-state index contributed by atoms with van der Waals surface area (Å²) in [6, 6.07) is 7.40. The number of aromatic nitrogens is 1. The van der Waals surface area contributed by atoms with Crippen molar-refractivity contribution in [1.82, 2.24) is 14.2 Å². The van der Waals surface area contributed by atoms with Crippen molar-refractivity contribution in [3.05, 3.63) is 30.5 Å². The molecule has 1 saturated carbocycles. The first-order chi connectivity index (χ1) is 14.3. The highest BCUT2D eigenvalue weighted by molar-refractivity contribution is 7.89. The van der Waals surface area contributed by atoms with E-state index in [9.17, 15) is 13.2 Å². The molecule has 7 heteroatoms. The van der Waals surface area contributed by atoms with E-state index in [-0.39, 0.29) is 18.5 Å². The van der Waals surface area contributed by atoms with E-state index >= 15 is 0 Å². The van der Waals surface area contributed by atoms with Crippen LogP contribution in [0.15, 0.2) is 35.4 Å². The number of fused-ring (bicyclic) bond motifs is 1. The summed E-state index contributed by atoms with van der Waals surface area (Å²) < 4.78 is 29.5. The van der Waals surface area contributed by atoms with E-state index in [1.165, 1.54) is 12.8 Å². The van der Waals surface area contributed by atoms with Crippen LogP contribution >= 0.6 is 0 Å². The van der Waals surface area contributed by atoms with Gasteiger partial charge in [-0.15, -0.1) is 0 Å². The molecule has 0 spiro atoms. The molecule has 0 unspecified atom stereocenters. The van der Waals surface area contributed by atoms with Crippen molar-refractivity contribution in [3.63, 3.8) is 0 Å². The smallest absolute Gasteiger partial charge is 0.243 e. The standard InChI is InChI=1S/C23H33N3O3S/c1-17-3-5-20(6-4-17)24-23(27)16-25-12-11-19-15-21(7-8-22(19)25)30(28,29)26-13-9-18(2)10-14-26/h7-8,11-12,15,17-18,20H,3-6,9-10,13-14,16H2,1-2H3,(H,24,27). The van der Waals surface area contributed by atoms with Gasteiger partial charge in [0.25, 0.3) is 0 Å². The number of nitrogens with one attached hydrogen (secondary N) is 1. The Hall–Kier alpha value is -1.86. The maximum Gasteiger partial charge on any atom is 0.243 e. The molecule has 2 heterocycles. The maximum atomic E-state index is 13.0. The molecule has 1 saturated heterocycles. The summed E-state index contributed by atoms with van der Waals surface area (Å²) in [4.78, 5) is 12.9. The SMILES string of the molecule is CC1CCC(NC(=O)Cn2ccc3cc(S(=O)(=O)N4CCC(C)CC4)ccc32)CC1. The molecular weight excluding hydrogens is 398 g/mol. The first kappa shape index (κ1) is 21.4. The summed E-state index contributed by atoms with van der Waals surface area (Å²) in [5.74, 6) is 1.35. The third-order valence-electron chi connectivity index (χ3n) is 6.82. The first-order valence-electron chi connectivity index (χ1n) is 11.2. The van der Waals surface area contributed by atoms with Gasteiger partial charge in [0.2, 0.25) is 15.9 Å². The highest BCUT2D eigenvalue weighted by atomic mass is 32.2. The van der Waals surface area contributed by atoms with Gasteiger partial charge >= 0.3 is 0 Å². The van der Waals surface area contributed by atoms with Gasteiger partial charge in [-0.3, -0.25) is 4.79 Å². The summed E-state index contributed by atoms with van der Waals surface area (Å²) in [5.41, 5.74) is 0.883. The van der Waals surface area contributed by atoms with Crippen LogP contribution in [-0.4, -0.2) is 42.3 Å². The Kier molecular flexibility index (Phi) is 6.21. The molecule has 1 N–H and O–H groups in total. The van der Waals surface area contributed by atoms with E-state index in [1.54, 1.807) is 16.4 Å². The lowest BCUT2D eigenvalue weighted by molar-refractivity contribution is -0.122. The van der Waals surface area contributed by atoms with Gasteiger partial charge in [-0.05, 0) is 74.6 Å². The van der Waals surface area contributed by atoms with Crippen LogP contribution in [0.25, 0.3) is 10.9 Å². The number of rotatable bonds is 5. The number of carbonyl (C=O) groups excluding carboxylic acids is 1. The number of benzene rings is 1. The second kappa shape index (κ2) is 8.71. The second-order valence-corrected chi connectivity index (χ2v) is 11.2. The summed E-state index contributed by atoms with van der Waals surface area (Å²) in [7, 11) is -3.47. The summed E-state index contributed by atoms with van der Waals surface area (Å²) in [5, 5.41) is 4.01. The molecule has 1 aromatic heterocycles. The zero-order chi connectivity index (χ0) is 21.3. The van der Waals surface area contributed by atoms with E-state index < -0.39 is 10.0 Å². The van der Waals surface area contributed by atoms with Gasteiger partial charge in [0.1, 0.15) is 6.54 Å². The van der Waals surface area contributed by atoms with E-state index in [2.05, 4.69) is 19.2 Å². The van der Waals surface area contributed by atoms with Gasteiger partial charge in [0.15, 0.2) is 0 Å². The van der Waals surface area contributed by atoms with Crippen molar-refractivity contribution in [3.8, 4) is 0 Å². The highest BCUT2D eigenvalue weighted by Gasteiger charge is 2.28. The van der Waals surface area contributed by atoms with Crippen molar-refractivity contribution in [1.29, 1.82) is 0 Å². The molecule has 1 aliphatic heterocycles. The Morgan fingerprint density at radius 2 is 1.67 bits per heavy atom. The maximum absolute atomic E-state index is 13.0. The lowest BCUT2D eigenvalue weighted by Crippen LogP contribution is -2.39. The third kappa shape index (κ3) is 4.57. The molecule has 30 heavy (non-hydrogen) atoms. The molecule has 6 nitrogen and oxygen atoms in total. The van der Waals surface area contributed by atoms with Crippen LogP contribution in [0.5, 0.6) is 0 Å². The summed E-state index contributed by atoms with van der Waals surface area (Å²) in [6.07, 6.45) is 8.13. The molecule has 1 amide bonds. The Morgan fingerprint density at radius 3 is 2.37 bits per heavy atom. The van der Waals surface area contributed by atoms with Crippen molar-refractivity contribution in [2.24, 2.45) is 11.8 Å². The van der Waals surface area contributed by atoms with Crippen molar-refractivity contribution < 1.29 is 13.2 Å². The van der Waals surface area contributed by atoms with Crippen molar-refractivity contribution >= 4 is 26.8 Å². The van der Waals surface area contributed by atoms with Crippen molar-refractivity contribution in [2.45, 2.75) is 69.9 Å². The predicted octanol–water partition coefficient (Wildman–Crippen LogP) is 3.76. The van der Waals surface area contributed by atoms with Gasteiger partial charge in [0.05, 0.1) is 4.90 Å². The van der Waals surface area contributed by atoms with Crippen molar-refractivity contribution in [2.75, 3.05) is 13.1 Å². The number of nitrogens with zero attached hydrogens (tertiary/aromatic N) is 2. The minimum absolute atomic E-state index is 0.0196. The number of amides is 1. The van der Waals surface area contributed by atoms with E-state index in [0.717, 1.165) is 42.5 Å². The Labute approximate surface area is 179 Å². The summed E-state index contributed by atoms with van der Waals surface area (Å²) in [6.45, 7) is 5.87. The largest absolute Gasteiger partial charge is 0.352 e. The summed E-state index contributed by atoms with van der Waals surface area (Å²) >= 11 is 0.